The molecule has 1 heterocycles. The van der Waals surface area contributed by atoms with E-state index in [2.05, 4.69) is 46.8 Å². The molecule has 0 spiro atoms. The molecule has 1 saturated heterocycles. The minimum absolute atomic E-state index is 0. The highest BCUT2D eigenvalue weighted by Gasteiger charge is 2.34. The third-order valence-corrected chi connectivity index (χ3v) is 4.82. The summed E-state index contributed by atoms with van der Waals surface area (Å²) in [5.41, 5.74) is 2.73. The topological polar surface area (TPSA) is 65.9 Å². The molecule has 25 heavy (non-hydrogen) atoms. The first-order chi connectivity index (χ1) is 11.7. The summed E-state index contributed by atoms with van der Waals surface area (Å²) >= 11 is 0. The Bertz CT molecular complexity index is 514. The van der Waals surface area contributed by atoms with Crippen molar-refractivity contribution in [3.05, 3.63) is 35.4 Å². The normalized spacial score (nSPS) is 20.2. The lowest BCUT2D eigenvalue weighted by atomic mass is 9.84. The second-order valence-corrected chi connectivity index (χ2v) is 6.55. The van der Waals surface area contributed by atoms with Crippen LogP contribution in [0.3, 0.4) is 0 Å². The van der Waals surface area contributed by atoms with Crippen molar-refractivity contribution in [1.29, 1.82) is 0 Å². The third kappa shape index (κ3) is 7.11. The Hall–Kier alpha value is -0.860. The zero-order chi connectivity index (χ0) is 17.3. The fourth-order valence-corrected chi connectivity index (χ4v) is 3.07. The molecule has 1 aliphatic rings. The lowest BCUT2D eigenvalue weighted by molar-refractivity contribution is 0.127. The van der Waals surface area contributed by atoms with E-state index in [-0.39, 0.29) is 36.0 Å². The van der Waals surface area contributed by atoms with Gasteiger partial charge in [-0.3, -0.25) is 4.99 Å². The van der Waals surface area contributed by atoms with Gasteiger partial charge in [-0.05, 0) is 36.8 Å². The average molecular weight is 461 g/mol. The smallest absolute Gasteiger partial charge is 0.191 e. The molecule has 0 bridgehead atoms. The highest BCUT2D eigenvalue weighted by atomic mass is 127. The maximum absolute atomic E-state index is 9.29. The fourth-order valence-electron chi connectivity index (χ4n) is 3.07. The quantitative estimate of drug-likeness (QED) is 0.316. The van der Waals surface area contributed by atoms with E-state index in [1.807, 2.05) is 0 Å². The Morgan fingerprint density at radius 1 is 1.24 bits per heavy atom. The summed E-state index contributed by atoms with van der Waals surface area (Å²) in [6.45, 7) is 5.48. The van der Waals surface area contributed by atoms with Crippen LogP contribution < -0.4 is 10.6 Å². The second-order valence-electron chi connectivity index (χ2n) is 6.55. The van der Waals surface area contributed by atoms with Gasteiger partial charge in [-0.2, -0.15) is 0 Å². The molecule has 2 rings (SSSR count). The van der Waals surface area contributed by atoms with Gasteiger partial charge in [0.15, 0.2) is 5.96 Å². The largest absolute Gasteiger partial charge is 0.396 e. The predicted octanol–water partition coefficient (Wildman–Crippen LogP) is 2.36. The van der Waals surface area contributed by atoms with Crippen molar-refractivity contribution in [2.75, 3.05) is 40.0 Å². The van der Waals surface area contributed by atoms with Crippen LogP contribution in [-0.2, 0) is 17.6 Å². The van der Waals surface area contributed by atoms with Crippen LogP contribution in [0.2, 0.25) is 0 Å². The molecule has 1 aromatic rings. The number of benzene rings is 1. The average Bonchev–Trinajstić information content (AvgIpc) is 3.07. The number of hydrogen-bond acceptors (Lipinski definition) is 3. The summed E-state index contributed by atoms with van der Waals surface area (Å²) in [5.74, 6) is 0.810. The molecular weight excluding hydrogens is 429 g/mol. The van der Waals surface area contributed by atoms with Gasteiger partial charge in [-0.15, -0.1) is 24.0 Å². The van der Waals surface area contributed by atoms with Gasteiger partial charge in [0.25, 0.3) is 0 Å². The van der Waals surface area contributed by atoms with Gasteiger partial charge >= 0.3 is 0 Å². The monoisotopic (exact) mass is 461 g/mol. The molecule has 0 saturated carbocycles. The van der Waals surface area contributed by atoms with E-state index < -0.39 is 0 Å². The number of hydrogen-bond donors (Lipinski definition) is 3. The Balaban J connectivity index is 0.00000312. The number of aryl methyl sites for hydroxylation is 1. The summed E-state index contributed by atoms with van der Waals surface area (Å²) < 4.78 is 5.53. The van der Waals surface area contributed by atoms with Crippen LogP contribution in [0.4, 0.5) is 0 Å². The Morgan fingerprint density at radius 2 is 1.96 bits per heavy atom. The first-order valence-electron chi connectivity index (χ1n) is 8.92. The van der Waals surface area contributed by atoms with Crippen molar-refractivity contribution in [2.45, 2.75) is 32.6 Å². The molecule has 5 nitrogen and oxygen atoms in total. The summed E-state index contributed by atoms with van der Waals surface area (Å²) in [5, 5.41) is 16.0. The molecule has 0 aromatic heterocycles. The van der Waals surface area contributed by atoms with Crippen LogP contribution in [0.1, 0.15) is 30.9 Å². The third-order valence-electron chi connectivity index (χ3n) is 4.82. The lowest BCUT2D eigenvalue weighted by Gasteiger charge is -2.27. The van der Waals surface area contributed by atoms with Gasteiger partial charge in [-0.1, -0.05) is 31.2 Å². The number of guanidine groups is 1. The lowest BCUT2D eigenvalue weighted by Crippen LogP contribution is -2.45. The van der Waals surface area contributed by atoms with Crippen molar-refractivity contribution in [3.8, 4) is 0 Å². The van der Waals surface area contributed by atoms with E-state index in [4.69, 9.17) is 4.74 Å². The van der Waals surface area contributed by atoms with E-state index in [1.165, 1.54) is 11.1 Å². The Labute approximate surface area is 168 Å². The standard InChI is InChI=1S/C19H31N3O2.HI/c1-3-16-4-6-17(7-5-16)8-11-21-18(20-2)22-14-19(9-12-23)10-13-24-15-19;/h4-7,23H,3,8-15H2,1-2H3,(H2,20,21,22);1H. The highest BCUT2D eigenvalue weighted by molar-refractivity contribution is 14.0. The van der Waals surface area contributed by atoms with E-state index in [0.717, 1.165) is 51.3 Å². The number of nitrogens with zero attached hydrogens (tertiary/aromatic N) is 1. The van der Waals surface area contributed by atoms with Crippen LogP contribution in [0.5, 0.6) is 0 Å². The van der Waals surface area contributed by atoms with Gasteiger partial charge in [0, 0.05) is 38.8 Å². The number of nitrogens with one attached hydrogen (secondary N) is 2. The first kappa shape index (κ1) is 22.2. The molecule has 6 heteroatoms. The maximum Gasteiger partial charge on any atom is 0.191 e. The number of halogens is 1. The number of rotatable bonds is 8. The van der Waals surface area contributed by atoms with E-state index in [9.17, 15) is 5.11 Å². The number of aliphatic hydroxyl groups is 1. The van der Waals surface area contributed by atoms with Gasteiger partial charge < -0.3 is 20.5 Å². The molecule has 1 fully saturated rings. The van der Waals surface area contributed by atoms with E-state index >= 15 is 0 Å². The first-order valence-corrected chi connectivity index (χ1v) is 8.92. The second kappa shape index (κ2) is 11.7. The van der Waals surface area contributed by atoms with Crippen molar-refractivity contribution < 1.29 is 9.84 Å². The van der Waals surface area contributed by atoms with Crippen LogP contribution in [0.15, 0.2) is 29.3 Å². The minimum atomic E-state index is 0. The van der Waals surface area contributed by atoms with Gasteiger partial charge in [0.2, 0.25) is 0 Å². The maximum atomic E-state index is 9.29. The predicted molar refractivity (Wildman–Crippen MR) is 114 cm³/mol. The van der Waals surface area contributed by atoms with Crippen molar-refractivity contribution in [3.63, 3.8) is 0 Å². The van der Waals surface area contributed by atoms with Crippen LogP contribution in [0, 0.1) is 5.41 Å². The zero-order valence-corrected chi connectivity index (χ0v) is 17.7. The molecule has 1 unspecified atom stereocenters. The van der Waals surface area contributed by atoms with Crippen LogP contribution >= 0.6 is 24.0 Å². The summed E-state index contributed by atoms with van der Waals surface area (Å²) in [4.78, 5) is 4.29. The molecule has 0 aliphatic carbocycles. The van der Waals surface area contributed by atoms with Crippen molar-refractivity contribution in [2.24, 2.45) is 10.4 Å². The van der Waals surface area contributed by atoms with Gasteiger partial charge in [-0.25, -0.2) is 0 Å². The molecule has 1 aromatic carbocycles. The highest BCUT2D eigenvalue weighted by Crippen LogP contribution is 2.31. The van der Waals surface area contributed by atoms with Crippen LogP contribution in [0.25, 0.3) is 0 Å². The Morgan fingerprint density at radius 3 is 2.52 bits per heavy atom. The summed E-state index contributed by atoms with van der Waals surface area (Å²) in [7, 11) is 1.79. The fraction of sp³-hybridized carbons (Fsp3) is 0.632. The molecule has 3 N–H and O–H groups in total. The molecule has 142 valence electrons. The molecule has 0 amide bonds. The minimum Gasteiger partial charge on any atom is -0.396 e. The van der Waals surface area contributed by atoms with Crippen LogP contribution in [-0.4, -0.2) is 51.0 Å². The SMILES string of the molecule is CCc1ccc(CCNC(=NC)NCC2(CCO)CCOC2)cc1.I. The van der Waals surface area contributed by atoms with Crippen molar-refractivity contribution >= 4 is 29.9 Å². The molecule has 1 atom stereocenters. The van der Waals surface area contributed by atoms with E-state index in [0.29, 0.717) is 6.61 Å². The summed E-state index contributed by atoms with van der Waals surface area (Å²) in [6, 6.07) is 8.79. The molecule has 0 radical (unpaired) electrons. The zero-order valence-electron chi connectivity index (χ0n) is 15.4. The number of aliphatic imine (C=N–C) groups is 1. The van der Waals surface area contributed by atoms with Gasteiger partial charge in [0.1, 0.15) is 0 Å². The number of aliphatic hydroxyl groups excluding tert-OH is 1. The van der Waals surface area contributed by atoms with Crippen molar-refractivity contribution in [1.82, 2.24) is 10.6 Å². The molecule has 1 aliphatic heterocycles. The van der Waals surface area contributed by atoms with Gasteiger partial charge in [0.05, 0.1) is 6.61 Å². The summed E-state index contributed by atoms with van der Waals surface area (Å²) in [6.07, 6.45) is 3.80. The Kier molecular flexibility index (Phi) is 10.4. The van der Waals surface area contributed by atoms with E-state index in [1.54, 1.807) is 7.05 Å². The molecular formula is C19H32IN3O2. The number of ether oxygens (including phenoxy) is 1.